The number of nitrogens with zero attached hydrogens (tertiary/aromatic N) is 2. The van der Waals surface area contributed by atoms with Crippen LogP contribution in [0.1, 0.15) is 11.5 Å². The van der Waals surface area contributed by atoms with Crippen LogP contribution in [-0.4, -0.2) is 18.5 Å². The minimum atomic E-state index is -0.516. The molecule has 14 heavy (non-hydrogen) atoms. The van der Waals surface area contributed by atoms with E-state index in [1.165, 1.54) is 24.6 Å². The quantitative estimate of drug-likeness (QED) is 0.669. The molecule has 1 heterocycles. The Morgan fingerprint density at radius 1 is 1.21 bits per heavy atom. The van der Waals surface area contributed by atoms with Gasteiger partial charge in [0.15, 0.2) is 0 Å². The summed E-state index contributed by atoms with van der Waals surface area (Å²) in [6.45, 7) is 0. The zero-order chi connectivity index (χ0) is 9.97. The summed E-state index contributed by atoms with van der Waals surface area (Å²) in [6.07, 6.45) is 2.92. The topological polar surface area (TPSA) is 41.8 Å². The number of amides is 2. The molecule has 1 aliphatic rings. The highest BCUT2D eigenvalue weighted by Crippen LogP contribution is 2.15. The summed E-state index contributed by atoms with van der Waals surface area (Å²) in [6, 6.07) is 5.63. The van der Waals surface area contributed by atoms with Crippen molar-refractivity contribution >= 4 is 18.5 Å². The standard InChI is InChI=1S/C10H7FN2O/c11-9-3-1-2-7(4-9)8-5-12-10(14)13-6-8/h1-6,8H. The van der Waals surface area contributed by atoms with Crippen molar-refractivity contribution in [3.8, 4) is 0 Å². The molecule has 2 amide bonds. The molecular formula is C10H7FN2O. The van der Waals surface area contributed by atoms with E-state index in [9.17, 15) is 9.18 Å². The molecule has 0 aromatic heterocycles. The molecule has 0 unspecified atom stereocenters. The zero-order valence-corrected chi connectivity index (χ0v) is 7.22. The molecule has 0 fully saturated rings. The minimum Gasteiger partial charge on any atom is -0.244 e. The van der Waals surface area contributed by atoms with Gasteiger partial charge in [-0.05, 0) is 17.7 Å². The van der Waals surface area contributed by atoms with Crippen molar-refractivity contribution < 1.29 is 9.18 Å². The van der Waals surface area contributed by atoms with Crippen LogP contribution in [-0.2, 0) is 0 Å². The van der Waals surface area contributed by atoms with Crippen LogP contribution >= 0.6 is 0 Å². The second-order valence-electron chi connectivity index (χ2n) is 2.92. The van der Waals surface area contributed by atoms with Crippen molar-refractivity contribution in [2.24, 2.45) is 9.98 Å². The fourth-order valence-corrected chi connectivity index (χ4v) is 1.25. The molecule has 0 radical (unpaired) electrons. The van der Waals surface area contributed by atoms with E-state index in [0.29, 0.717) is 0 Å². The molecule has 0 N–H and O–H groups in total. The number of benzene rings is 1. The van der Waals surface area contributed by atoms with Crippen molar-refractivity contribution in [1.29, 1.82) is 0 Å². The first-order valence-corrected chi connectivity index (χ1v) is 4.13. The molecule has 1 aliphatic heterocycles. The minimum absolute atomic E-state index is 0.205. The van der Waals surface area contributed by atoms with E-state index in [2.05, 4.69) is 9.98 Å². The van der Waals surface area contributed by atoms with E-state index in [-0.39, 0.29) is 11.7 Å². The van der Waals surface area contributed by atoms with Crippen LogP contribution in [0.2, 0.25) is 0 Å². The maximum Gasteiger partial charge on any atom is 0.366 e. The third kappa shape index (κ3) is 1.74. The lowest BCUT2D eigenvalue weighted by Crippen LogP contribution is -2.08. The molecule has 0 spiro atoms. The Morgan fingerprint density at radius 3 is 2.57 bits per heavy atom. The second-order valence-corrected chi connectivity index (χ2v) is 2.92. The molecule has 0 aliphatic carbocycles. The maximum absolute atomic E-state index is 12.8. The number of carbonyl (C=O) groups is 1. The number of halogens is 1. The molecule has 0 bridgehead atoms. The summed E-state index contributed by atoms with van der Waals surface area (Å²) in [5.74, 6) is -0.510. The Balaban J connectivity index is 2.29. The number of rotatable bonds is 1. The van der Waals surface area contributed by atoms with Gasteiger partial charge in [-0.2, -0.15) is 0 Å². The molecule has 0 atom stereocenters. The van der Waals surface area contributed by atoms with Gasteiger partial charge in [-0.3, -0.25) is 0 Å². The van der Waals surface area contributed by atoms with Crippen LogP contribution < -0.4 is 0 Å². The van der Waals surface area contributed by atoms with Crippen LogP contribution in [0.3, 0.4) is 0 Å². The van der Waals surface area contributed by atoms with Gasteiger partial charge in [-0.1, -0.05) is 12.1 Å². The average Bonchev–Trinajstić information content (AvgIpc) is 2.19. The zero-order valence-electron chi connectivity index (χ0n) is 7.22. The van der Waals surface area contributed by atoms with Crippen molar-refractivity contribution in [3.05, 3.63) is 35.6 Å². The van der Waals surface area contributed by atoms with E-state index in [1.807, 2.05) is 0 Å². The summed E-state index contributed by atoms with van der Waals surface area (Å²) in [5, 5.41) is 0. The fourth-order valence-electron chi connectivity index (χ4n) is 1.25. The first-order chi connectivity index (χ1) is 6.75. The molecule has 4 heteroatoms. The van der Waals surface area contributed by atoms with Gasteiger partial charge in [0.1, 0.15) is 5.82 Å². The maximum atomic E-state index is 12.8. The van der Waals surface area contributed by atoms with Crippen LogP contribution in [0, 0.1) is 5.82 Å². The van der Waals surface area contributed by atoms with Crippen molar-refractivity contribution in [3.63, 3.8) is 0 Å². The van der Waals surface area contributed by atoms with Crippen molar-refractivity contribution in [2.45, 2.75) is 5.92 Å². The Kier molecular flexibility index (Phi) is 2.18. The molecule has 3 nitrogen and oxygen atoms in total. The Hall–Kier alpha value is -1.84. The van der Waals surface area contributed by atoms with E-state index < -0.39 is 6.03 Å². The number of carbonyl (C=O) groups excluding carboxylic acids is 1. The fraction of sp³-hybridized carbons (Fsp3) is 0.100. The van der Waals surface area contributed by atoms with E-state index in [1.54, 1.807) is 12.1 Å². The number of urea groups is 1. The lowest BCUT2D eigenvalue weighted by atomic mass is 10.0. The van der Waals surface area contributed by atoms with Crippen LogP contribution in [0.4, 0.5) is 9.18 Å². The molecule has 1 aromatic carbocycles. The summed E-state index contributed by atoms with van der Waals surface area (Å²) in [4.78, 5) is 17.7. The predicted molar refractivity (Wildman–Crippen MR) is 51.5 cm³/mol. The molecule has 70 valence electrons. The third-order valence-electron chi connectivity index (χ3n) is 1.92. The van der Waals surface area contributed by atoms with Crippen molar-refractivity contribution in [1.82, 2.24) is 0 Å². The van der Waals surface area contributed by atoms with E-state index >= 15 is 0 Å². The summed E-state index contributed by atoms with van der Waals surface area (Å²) < 4.78 is 12.8. The molecule has 1 aromatic rings. The Morgan fingerprint density at radius 2 is 1.93 bits per heavy atom. The molecule has 0 saturated carbocycles. The molecule has 2 rings (SSSR count). The second kappa shape index (κ2) is 3.49. The van der Waals surface area contributed by atoms with Gasteiger partial charge in [0.05, 0.1) is 5.92 Å². The lowest BCUT2D eigenvalue weighted by Gasteiger charge is -2.08. The smallest absolute Gasteiger partial charge is 0.244 e. The van der Waals surface area contributed by atoms with Crippen LogP contribution in [0.5, 0.6) is 0 Å². The summed E-state index contributed by atoms with van der Waals surface area (Å²) >= 11 is 0. The average molecular weight is 190 g/mol. The lowest BCUT2D eigenvalue weighted by molar-refractivity contribution is 0.257. The van der Waals surface area contributed by atoms with E-state index in [0.717, 1.165) is 5.56 Å². The van der Waals surface area contributed by atoms with Gasteiger partial charge < -0.3 is 0 Å². The summed E-state index contributed by atoms with van der Waals surface area (Å²) in [7, 11) is 0. The molecular weight excluding hydrogens is 183 g/mol. The van der Waals surface area contributed by atoms with Crippen molar-refractivity contribution in [2.75, 3.05) is 0 Å². The normalized spacial score (nSPS) is 16.2. The number of hydrogen-bond donors (Lipinski definition) is 0. The van der Waals surface area contributed by atoms with Gasteiger partial charge in [-0.25, -0.2) is 19.2 Å². The van der Waals surface area contributed by atoms with Gasteiger partial charge in [0, 0.05) is 12.4 Å². The molecule has 0 saturated heterocycles. The van der Waals surface area contributed by atoms with Gasteiger partial charge >= 0.3 is 6.03 Å². The largest absolute Gasteiger partial charge is 0.366 e. The SMILES string of the molecule is O=C1N=CC(c2cccc(F)c2)C=N1. The highest BCUT2D eigenvalue weighted by Gasteiger charge is 2.11. The van der Waals surface area contributed by atoms with Gasteiger partial charge in [-0.15, -0.1) is 0 Å². The first-order valence-electron chi connectivity index (χ1n) is 4.13. The Labute approximate surface area is 80.0 Å². The third-order valence-corrected chi connectivity index (χ3v) is 1.92. The predicted octanol–water partition coefficient (Wildman–Crippen LogP) is 2.18. The van der Waals surface area contributed by atoms with Gasteiger partial charge in [0.2, 0.25) is 0 Å². The van der Waals surface area contributed by atoms with Crippen LogP contribution in [0.25, 0.3) is 0 Å². The highest BCUT2D eigenvalue weighted by molar-refractivity contribution is 6.03. The summed E-state index contributed by atoms with van der Waals surface area (Å²) in [5.41, 5.74) is 0.741. The number of aliphatic imine (C=N–C) groups is 2. The van der Waals surface area contributed by atoms with Crippen LogP contribution in [0.15, 0.2) is 34.3 Å². The van der Waals surface area contributed by atoms with E-state index in [4.69, 9.17) is 0 Å². The highest BCUT2D eigenvalue weighted by atomic mass is 19.1. The van der Waals surface area contributed by atoms with Gasteiger partial charge in [0.25, 0.3) is 0 Å². The Bertz CT molecular complexity index is 410. The first kappa shape index (κ1) is 8.74. The number of hydrogen-bond acceptors (Lipinski definition) is 1. The monoisotopic (exact) mass is 190 g/mol.